The molecule has 0 saturated heterocycles. The van der Waals surface area contributed by atoms with Crippen molar-refractivity contribution >= 4 is 50.7 Å². The maximum Gasteiger partial charge on any atom is 0.264 e. The fourth-order valence-corrected chi connectivity index (χ4v) is 5.85. The number of hydrogen-bond donors (Lipinski definition) is 1. The lowest BCUT2D eigenvalue weighted by Crippen LogP contribution is -2.51. The maximum atomic E-state index is 14.0. The zero-order valence-electron chi connectivity index (χ0n) is 22.6. The Morgan fingerprint density at radius 3 is 2.25 bits per heavy atom. The number of benzene rings is 3. The van der Waals surface area contributed by atoms with E-state index in [0.717, 1.165) is 4.31 Å². The number of para-hydroxylation sites is 2. The molecule has 0 aliphatic carbocycles. The molecule has 0 heterocycles. The van der Waals surface area contributed by atoms with Crippen molar-refractivity contribution in [2.75, 3.05) is 31.6 Å². The van der Waals surface area contributed by atoms with Crippen LogP contribution in [0.15, 0.2) is 71.6 Å². The molecular formula is C28H31Cl2N3O6S. The summed E-state index contributed by atoms with van der Waals surface area (Å²) in [4.78, 5) is 28.0. The topological polar surface area (TPSA) is 105 Å². The molecule has 214 valence electrons. The molecule has 1 atom stereocenters. The van der Waals surface area contributed by atoms with Gasteiger partial charge in [0.15, 0.2) is 0 Å². The molecule has 0 aromatic heterocycles. The van der Waals surface area contributed by atoms with E-state index in [4.69, 9.17) is 32.7 Å². The molecule has 0 spiro atoms. The first-order valence-corrected chi connectivity index (χ1v) is 14.5. The molecule has 0 radical (unpaired) electrons. The van der Waals surface area contributed by atoms with Crippen molar-refractivity contribution < 1.29 is 27.5 Å². The lowest BCUT2D eigenvalue weighted by atomic mass is 10.1. The highest BCUT2D eigenvalue weighted by Crippen LogP contribution is 2.33. The first-order valence-electron chi connectivity index (χ1n) is 12.3. The minimum Gasteiger partial charge on any atom is -0.497 e. The summed E-state index contributed by atoms with van der Waals surface area (Å²) in [6.07, 6.45) is 0. The van der Waals surface area contributed by atoms with Crippen molar-refractivity contribution in [3.05, 3.63) is 82.3 Å². The second-order valence-corrected chi connectivity index (χ2v) is 11.4. The van der Waals surface area contributed by atoms with Crippen molar-refractivity contribution in [3.8, 4) is 11.5 Å². The van der Waals surface area contributed by atoms with Gasteiger partial charge in [-0.15, -0.1) is 0 Å². The number of ether oxygens (including phenoxy) is 2. The summed E-state index contributed by atoms with van der Waals surface area (Å²) in [5, 5.41) is 3.43. The minimum absolute atomic E-state index is 0.0592. The van der Waals surface area contributed by atoms with Crippen LogP contribution in [0.5, 0.6) is 11.5 Å². The van der Waals surface area contributed by atoms with E-state index in [1.165, 1.54) is 49.5 Å². The number of sulfonamides is 1. The molecule has 0 aliphatic heterocycles. The number of carbonyl (C=O) groups excluding carboxylic acids is 2. The number of methoxy groups -OCH3 is 2. The Labute approximate surface area is 244 Å². The summed E-state index contributed by atoms with van der Waals surface area (Å²) >= 11 is 12.4. The van der Waals surface area contributed by atoms with E-state index in [1.54, 1.807) is 50.2 Å². The van der Waals surface area contributed by atoms with Crippen molar-refractivity contribution in [1.82, 2.24) is 10.2 Å². The zero-order chi connectivity index (χ0) is 29.4. The second kappa shape index (κ2) is 13.7. The number of amides is 2. The normalized spacial score (nSPS) is 11.8. The van der Waals surface area contributed by atoms with E-state index in [1.807, 2.05) is 0 Å². The first kappa shape index (κ1) is 31.1. The van der Waals surface area contributed by atoms with Crippen molar-refractivity contribution in [2.24, 2.45) is 0 Å². The molecule has 0 saturated carbocycles. The summed E-state index contributed by atoms with van der Waals surface area (Å²) in [6.45, 7) is 3.00. The van der Waals surface area contributed by atoms with Gasteiger partial charge in [-0.25, -0.2) is 8.42 Å². The zero-order valence-corrected chi connectivity index (χ0v) is 24.9. The molecule has 0 fully saturated rings. The predicted molar refractivity (Wildman–Crippen MR) is 156 cm³/mol. The minimum atomic E-state index is -4.28. The number of anilines is 1. The Morgan fingerprint density at radius 2 is 1.65 bits per heavy atom. The second-order valence-electron chi connectivity index (χ2n) is 8.69. The van der Waals surface area contributed by atoms with Crippen LogP contribution in [-0.4, -0.2) is 58.5 Å². The number of nitrogens with one attached hydrogen (secondary N) is 1. The van der Waals surface area contributed by atoms with E-state index < -0.39 is 34.4 Å². The van der Waals surface area contributed by atoms with Crippen LogP contribution >= 0.6 is 23.2 Å². The number of likely N-dealkylation sites (N-methyl/N-ethyl adjacent to an activating group) is 1. The molecule has 0 bridgehead atoms. The van der Waals surface area contributed by atoms with E-state index in [9.17, 15) is 18.0 Å². The van der Waals surface area contributed by atoms with Gasteiger partial charge in [-0.3, -0.25) is 13.9 Å². The average molecular weight is 609 g/mol. The van der Waals surface area contributed by atoms with Crippen LogP contribution in [0.4, 0.5) is 5.69 Å². The smallest absolute Gasteiger partial charge is 0.264 e. The van der Waals surface area contributed by atoms with Gasteiger partial charge in [-0.2, -0.15) is 0 Å². The van der Waals surface area contributed by atoms with Crippen molar-refractivity contribution in [3.63, 3.8) is 0 Å². The molecule has 3 rings (SSSR count). The van der Waals surface area contributed by atoms with Gasteiger partial charge in [-0.1, -0.05) is 41.4 Å². The van der Waals surface area contributed by atoms with Gasteiger partial charge in [0.2, 0.25) is 11.8 Å². The van der Waals surface area contributed by atoms with Gasteiger partial charge in [0.05, 0.1) is 24.8 Å². The average Bonchev–Trinajstić information content (AvgIpc) is 2.95. The van der Waals surface area contributed by atoms with Crippen LogP contribution in [0.2, 0.25) is 10.0 Å². The van der Waals surface area contributed by atoms with E-state index in [0.29, 0.717) is 27.9 Å². The quantitative estimate of drug-likeness (QED) is 0.318. The van der Waals surface area contributed by atoms with Gasteiger partial charge < -0.3 is 19.7 Å². The highest BCUT2D eigenvalue weighted by molar-refractivity contribution is 7.92. The first-order chi connectivity index (χ1) is 19.0. The fourth-order valence-electron chi connectivity index (χ4n) is 3.96. The molecule has 2 amide bonds. The highest BCUT2D eigenvalue weighted by atomic mass is 35.5. The molecule has 0 unspecified atom stereocenters. The van der Waals surface area contributed by atoms with Gasteiger partial charge in [0.25, 0.3) is 10.0 Å². The largest absolute Gasteiger partial charge is 0.497 e. The summed E-state index contributed by atoms with van der Waals surface area (Å²) in [5.41, 5.74) is 0.696. The van der Waals surface area contributed by atoms with Crippen LogP contribution in [0, 0.1) is 0 Å². The number of halogens is 2. The Kier molecular flexibility index (Phi) is 10.7. The Bertz CT molecular complexity index is 1450. The van der Waals surface area contributed by atoms with Gasteiger partial charge in [0.1, 0.15) is 24.1 Å². The number of carbonyl (C=O) groups is 2. The van der Waals surface area contributed by atoms with Crippen LogP contribution in [0.1, 0.15) is 19.4 Å². The molecule has 0 aliphatic rings. The molecule has 9 nitrogen and oxygen atoms in total. The van der Waals surface area contributed by atoms with Crippen molar-refractivity contribution in [1.29, 1.82) is 0 Å². The maximum absolute atomic E-state index is 14.0. The van der Waals surface area contributed by atoms with Crippen LogP contribution in [0.3, 0.4) is 0 Å². The third kappa shape index (κ3) is 7.18. The number of nitrogens with zero attached hydrogens (tertiary/aromatic N) is 2. The molecule has 1 N–H and O–H groups in total. The summed E-state index contributed by atoms with van der Waals surface area (Å²) in [6, 6.07) is 16.2. The SMILES string of the molecule is CCNC(=O)[C@H](C)N(Cc1ccc(Cl)cc1Cl)C(=O)CN(c1ccccc1OC)S(=O)(=O)c1ccc(OC)cc1. The van der Waals surface area contributed by atoms with E-state index in [-0.39, 0.29) is 22.9 Å². The molecule has 3 aromatic rings. The van der Waals surface area contributed by atoms with Gasteiger partial charge in [-0.05, 0) is 67.9 Å². The number of hydrogen-bond acceptors (Lipinski definition) is 6. The van der Waals surface area contributed by atoms with Crippen LogP contribution in [0.25, 0.3) is 0 Å². The van der Waals surface area contributed by atoms with Crippen LogP contribution in [-0.2, 0) is 26.2 Å². The third-order valence-electron chi connectivity index (χ3n) is 6.15. The summed E-state index contributed by atoms with van der Waals surface area (Å²) in [5.74, 6) is -0.312. The highest BCUT2D eigenvalue weighted by Gasteiger charge is 2.34. The Balaban J connectivity index is 2.09. The summed E-state index contributed by atoms with van der Waals surface area (Å²) < 4.78 is 39.5. The number of rotatable bonds is 12. The molecule has 3 aromatic carbocycles. The van der Waals surface area contributed by atoms with E-state index >= 15 is 0 Å². The van der Waals surface area contributed by atoms with E-state index in [2.05, 4.69) is 5.32 Å². The predicted octanol–water partition coefficient (Wildman–Crippen LogP) is 4.76. The van der Waals surface area contributed by atoms with Gasteiger partial charge in [0, 0.05) is 23.1 Å². The fraction of sp³-hybridized carbons (Fsp3) is 0.286. The Morgan fingerprint density at radius 1 is 0.975 bits per heavy atom. The third-order valence-corrected chi connectivity index (χ3v) is 8.52. The standard InChI is InChI=1S/C28H31Cl2N3O6S/c1-5-31-28(35)19(2)32(17-20-10-11-21(29)16-24(20)30)27(34)18-33(25-8-6-7-9-26(25)39-4)40(36,37)23-14-12-22(38-3)13-15-23/h6-16,19H,5,17-18H2,1-4H3,(H,31,35)/t19-/m0/s1. The van der Waals surface area contributed by atoms with Crippen LogP contribution < -0.4 is 19.1 Å². The lowest BCUT2D eigenvalue weighted by Gasteiger charge is -2.32. The molecular weight excluding hydrogens is 577 g/mol. The summed E-state index contributed by atoms with van der Waals surface area (Å²) in [7, 11) is -1.40. The van der Waals surface area contributed by atoms with Crippen molar-refractivity contribution in [2.45, 2.75) is 31.3 Å². The monoisotopic (exact) mass is 607 g/mol. The lowest BCUT2D eigenvalue weighted by molar-refractivity contribution is -0.139. The molecule has 12 heteroatoms. The Hall–Kier alpha value is -3.47. The van der Waals surface area contributed by atoms with Gasteiger partial charge >= 0.3 is 0 Å². The molecule has 40 heavy (non-hydrogen) atoms.